The minimum Gasteiger partial charge on any atom is -0.360 e. The van der Waals surface area contributed by atoms with E-state index in [1.807, 2.05) is 0 Å². The van der Waals surface area contributed by atoms with Crippen molar-refractivity contribution in [1.29, 1.82) is 0 Å². The SMILES string of the molecule is CCN(Cc1cccs1)C(=S)NC1CCCCC1. The number of thiocarbonyl (C=S) groups is 1. The maximum atomic E-state index is 5.55. The van der Waals surface area contributed by atoms with Gasteiger partial charge >= 0.3 is 0 Å². The molecule has 4 heteroatoms. The lowest BCUT2D eigenvalue weighted by Crippen LogP contribution is -2.44. The summed E-state index contributed by atoms with van der Waals surface area (Å²) in [6, 6.07) is 4.88. The molecule has 1 fully saturated rings. The second-order valence-electron chi connectivity index (χ2n) is 4.88. The Morgan fingerprint density at radius 3 is 2.83 bits per heavy atom. The molecule has 0 spiro atoms. The molecule has 0 aromatic carbocycles. The van der Waals surface area contributed by atoms with Crippen molar-refractivity contribution in [2.24, 2.45) is 0 Å². The summed E-state index contributed by atoms with van der Waals surface area (Å²) in [7, 11) is 0. The van der Waals surface area contributed by atoms with Crippen LogP contribution in [0, 0.1) is 0 Å². The van der Waals surface area contributed by atoms with Crippen LogP contribution in [0.15, 0.2) is 17.5 Å². The second-order valence-corrected chi connectivity index (χ2v) is 6.30. The number of nitrogens with zero attached hydrogens (tertiary/aromatic N) is 1. The zero-order valence-electron chi connectivity index (χ0n) is 11.0. The van der Waals surface area contributed by atoms with Gasteiger partial charge in [0.15, 0.2) is 5.11 Å². The van der Waals surface area contributed by atoms with Gasteiger partial charge in [-0.3, -0.25) is 0 Å². The molecule has 0 aliphatic heterocycles. The van der Waals surface area contributed by atoms with Crippen LogP contribution in [0.3, 0.4) is 0 Å². The van der Waals surface area contributed by atoms with E-state index in [9.17, 15) is 0 Å². The molecule has 0 unspecified atom stereocenters. The fourth-order valence-electron chi connectivity index (χ4n) is 2.43. The van der Waals surface area contributed by atoms with Gasteiger partial charge in [0, 0.05) is 17.5 Å². The molecule has 100 valence electrons. The van der Waals surface area contributed by atoms with E-state index >= 15 is 0 Å². The van der Waals surface area contributed by atoms with E-state index in [1.165, 1.54) is 37.0 Å². The number of hydrogen-bond donors (Lipinski definition) is 1. The Hall–Kier alpha value is -0.610. The van der Waals surface area contributed by atoms with Crippen molar-refractivity contribution in [1.82, 2.24) is 10.2 Å². The maximum absolute atomic E-state index is 5.55. The molecule has 0 bridgehead atoms. The zero-order valence-corrected chi connectivity index (χ0v) is 12.7. The minimum atomic E-state index is 0.601. The molecule has 0 atom stereocenters. The molecule has 18 heavy (non-hydrogen) atoms. The lowest BCUT2D eigenvalue weighted by Gasteiger charge is -2.29. The summed E-state index contributed by atoms with van der Waals surface area (Å²) < 4.78 is 0. The van der Waals surface area contributed by atoms with Crippen LogP contribution in [0.5, 0.6) is 0 Å². The first-order valence-corrected chi connectivity index (χ1v) is 8.16. The summed E-state index contributed by atoms with van der Waals surface area (Å²) in [4.78, 5) is 3.64. The Morgan fingerprint density at radius 2 is 2.22 bits per heavy atom. The molecule has 0 amide bonds. The first-order chi connectivity index (χ1) is 8.79. The Morgan fingerprint density at radius 1 is 1.44 bits per heavy atom. The van der Waals surface area contributed by atoms with Gasteiger partial charge < -0.3 is 10.2 Å². The highest BCUT2D eigenvalue weighted by Crippen LogP contribution is 2.18. The highest BCUT2D eigenvalue weighted by molar-refractivity contribution is 7.80. The van der Waals surface area contributed by atoms with Gasteiger partial charge in [-0.2, -0.15) is 0 Å². The third kappa shape index (κ3) is 3.95. The normalized spacial score (nSPS) is 16.5. The van der Waals surface area contributed by atoms with Crippen LogP contribution in [0.2, 0.25) is 0 Å². The van der Waals surface area contributed by atoms with Crippen LogP contribution < -0.4 is 5.32 Å². The van der Waals surface area contributed by atoms with Crippen molar-refractivity contribution in [2.75, 3.05) is 6.54 Å². The molecular formula is C14H22N2S2. The van der Waals surface area contributed by atoms with Gasteiger partial charge in [0.1, 0.15) is 0 Å². The monoisotopic (exact) mass is 282 g/mol. The summed E-state index contributed by atoms with van der Waals surface area (Å²) in [5.74, 6) is 0. The lowest BCUT2D eigenvalue weighted by atomic mass is 9.96. The Bertz CT molecular complexity index is 356. The summed E-state index contributed by atoms with van der Waals surface area (Å²) >= 11 is 7.35. The third-order valence-corrected chi connectivity index (χ3v) is 4.77. The van der Waals surface area contributed by atoms with Gasteiger partial charge in [0.2, 0.25) is 0 Å². The first kappa shape index (κ1) is 13.8. The summed E-state index contributed by atoms with van der Waals surface area (Å²) in [5, 5.41) is 6.60. The molecule has 1 aromatic heterocycles. The number of thiophene rings is 1. The van der Waals surface area contributed by atoms with E-state index < -0.39 is 0 Å². The van der Waals surface area contributed by atoms with E-state index in [1.54, 1.807) is 11.3 Å². The smallest absolute Gasteiger partial charge is 0.169 e. The largest absolute Gasteiger partial charge is 0.360 e. The summed E-state index contributed by atoms with van der Waals surface area (Å²) in [6.07, 6.45) is 6.62. The predicted octanol–water partition coefficient (Wildman–Crippen LogP) is 3.78. The van der Waals surface area contributed by atoms with Crippen LogP contribution >= 0.6 is 23.6 Å². The Kier molecular flexibility index (Phi) is 5.45. The van der Waals surface area contributed by atoms with Gasteiger partial charge in [-0.05, 0) is 43.4 Å². The van der Waals surface area contributed by atoms with Crippen LogP contribution in [-0.4, -0.2) is 22.6 Å². The fraction of sp³-hybridized carbons (Fsp3) is 0.643. The average Bonchev–Trinajstić information content (AvgIpc) is 2.90. The van der Waals surface area contributed by atoms with Gasteiger partial charge in [-0.1, -0.05) is 25.3 Å². The molecule has 1 N–H and O–H groups in total. The molecule has 1 aliphatic carbocycles. The summed E-state index contributed by atoms with van der Waals surface area (Å²) in [6.45, 7) is 4.08. The topological polar surface area (TPSA) is 15.3 Å². The van der Waals surface area contributed by atoms with Crippen LogP contribution in [0.25, 0.3) is 0 Å². The van der Waals surface area contributed by atoms with Crippen LogP contribution in [0.1, 0.15) is 43.9 Å². The van der Waals surface area contributed by atoms with Crippen molar-refractivity contribution in [3.63, 3.8) is 0 Å². The van der Waals surface area contributed by atoms with Crippen LogP contribution in [0.4, 0.5) is 0 Å². The molecule has 2 rings (SSSR count). The minimum absolute atomic E-state index is 0.601. The van der Waals surface area contributed by atoms with Crippen molar-refractivity contribution in [3.8, 4) is 0 Å². The van der Waals surface area contributed by atoms with Crippen molar-refractivity contribution in [3.05, 3.63) is 22.4 Å². The Balaban J connectivity index is 1.84. The van der Waals surface area contributed by atoms with Gasteiger partial charge in [0.05, 0.1) is 6.54 Å². The molecular weight excluding hydrogens is 260 g/mol. The maximum Gasteiger partial charge on any atom is 0.169 e. The number of rotatable bonds is 4. The zero-order chi connectivity index (χ0) is 12.8. The molecule has 1 aromatic rings. The molecule has 1 heterocycles. The molecule has 1 saturated carbocycles. The number of nitrogens with one attached hydrogen (secondary N) is 1. The van der Waals surface area contributed by atoms with E-state index in [-0.39, 0.29) is 0 Å². The Labute approximate surface area is 119 Å². The van der Waals surface area contributed by atoms with Crippen LogP contribution in [-0.2, 0) is 6.54 Å². The lowest BCUT2D eigenvalue weighted by molar-refractivity contribution is 0.377. The van der Waals surface area contributed by atoms with Crippen molar-refractivity contribution < 1.29 is 0 Å². The third-order valence-electron chi connectivity index (χ3n) is 3.53. The molecule has 2 nitrogen and oxygen atoms in total. The number of hydrogen-bond acceptors (Lipinski definition) is 2. The summed E-state index contributed by atoms with van der Waals surface area (Å²) in [5.41, 5.74) is 0. The molecule has 0 radical (unpaired) electrons. The van der Waals surface area contributed by atoms with E-state index in [0.29, 0.717) is 6.04 Å². The first-order valence-electron chi connectivity index (χ1n) is 6.87. The van der Waals surface area contributed by atoms with E-state index in [0.717, 1.165) is 18.2 Å². The quantitative estimate of drug-likeness (QED) is 0.846. The molecule has 1 aliphatic rings. The fourth-order valence-corrected chi connectivity index (χ4v) is 3.51. The molecule has 0 saturated heterocycles. The van der Waals surface area contributed by atoms with Crippen molar-refractivity contribution in [2.45, 2.75) is 51.6 Å². The average molecular weight is 282 g/mol. The van der Waals surface area contributed by atoms with Gasteiger partial charge in [-0.15, -0.1) is 11.3 Å². The second kappa shape index (κ2) is 7.10. The van der Waals surface area contributed by atoms with Gasteiger partial charge in [0.25, 0.3) is 0 Å². The standard InChI is InChI=1S/C14H22N2S2/c1-2-16(11-13-9-6-10-18-13)14(17)15-12-7-4-3-5-8-12/h6,9-10,12H,2-5,7-8,11H2,1H3,(H,15,17). The highest BCUT2D eigenvalue weighted by Gasteiger charge is 2.16. The van der Waals surface area contributed by atoms with E-state index in [4.69, 9.17) is 12.2 Å². The van der Waals surface area contributed by atoms with E-state index in [2.05, 4.69) is 34.7 Å². The highest BCUT2D eigenvalue weighted by atomic mass is 32.1. The van der Waals surface area contributed by atoms with Gasteiger partial charge in [-0.25, -0.2) is 0 Å². The predicted molar refractivity (Wildman–Crippen MR) is 83.0 cm³/mol. The van der Waals surface area contributed by atoms with Crippen molar-refractivity contribution >= 4 is 28.7 Å².